The molecule has 3 nitrogen and oxygen atoms in total. The summed E-state index contributed by atoms with van der Waals surface area (Å²) < 4.78 is 14.6. The van der Waals surface area contributed by atoms with Gasteiger partial charge in [0.15, 0.2) is 0 Å². The highest BCUT2D eigenvalue weighted by atomic mass is 35.5. The summed E-state index contributed by atoms with van der Waals surface area (Å²) in [6.07, 6.45) is 5.81. The maximum Gasteiger partial charge on any atom is 0.148 e. The fourth-order valence-corrected chi connectivity index (χ4v) is 3.52. The third-order valence-corrected chi connectivity index (χ3v) is 5.20. The van der Waals surface area contributed by atoms with Crippen molar-refractivity contribution >= 4 is 17.3 Å². The van der Waals surface area contributed by atoms with Crippen molar-refractivity contribution in [3.05, 3.63) is 53.2 Å². The molecule has 0 saturated heterocycles. The summed E-state index contributed by atoms with van der Waals surface area (Å²) in [5, 5.41) is 3.56. The quantitative estimate of drug-likeness (QED) is 0.756. The van der Waals surface area contributed by atoms with Gasteiger partial charge < -0.3 is 11.1 Å². The Hall–Kier alpha value is -1.52. The SMILES string of the molecule is C=C(N)N(C(=C)C(C)NC)c1cc(CC2CCCC2)c(Cl)cc1F. The molecule has 132 valence electrons. The lowest BCUT2D eigenvalue weighted by Crippen LogP contribution is -2.36. The Morgan fingerprint density at radius 1 is 1.42 bits per heavy atom. The molecule has 1 aromatic rings. The van der Waals surface area contributed by atoms with E-state index in [2.05, 4.69) is 18.5 Å². The third-order valence-electron chi connectivity index (χ3n) is 4.85. The number of hydrogen-bond donors (Lipinski definition) is 2. The predicted octanol–water partition coefficient (Wildman–Crippen LogP) is 4.57. The Bertz CT molecular complexity index is 623. The Morgan fingerprint density at radius 3 is 2.58 bits per heavy atom. The van der Waals surface area contributed by atoms with Crippen LogP contribution in [-0.4, -0.2) is 13.1 Å². The molecule has 0 amide bonds. The van der Waals surface area contributed by atoms with Gasteiger partial charge in [0.05, 0.1) is 5.69 Å². The van der Waals surface area contributed by atoms with Crippen molar-refractivity contribution in [1.82, 2.24) is 5.32 Å². The Kier molecular flexibility index (Phi) is 6.30. The van der Waals surface area contributed by atoms with Crippen LogP contribution in [0.5, 0.6) is 0 Å². The molecule has 5 heteroatoms. The molecule has 0 radical (unpaired) electrons. The number of nitrogens with zero attached hydrogens (tertiary/aromatic N) is 1. The van der Waals surface area contributed by atoms with Crippen LogP contribution in [0.25, 0.3) is 0 Å². The zero-order valence-corrected chi connectivity index (χ0v) is 15.3. The lowest BCUT2D eigenvalue weighted by atomic mass is 9.97. The number of rotatable bonds is 7. The molecule has 0 bridgehead atoms. The first-order chi connectivity index (χ1) is 11.3. The van der Waals surface area contributed by atoms with Crippen molar-refractivity contribution in [2.24, 2.45) is 11.7 Å². The summed E-state index contributed by atoms with van der Waals surface area (Å²) in [5.41, 5.74) is 7.87. The van der Waals surface area contributed by atoms with Crippen molar-refractivity contribution < 1.29 is 4.39 Å². The number of hydrogen-bond acceptors (Lipinski definition) is 3. The molecule has 1 unspecified atom stereocenters. The van der Waals surface area contributed by atoms with E-state index in [1.165, 1.54) is 31.7 Å². The highest BCUT2D eigenvalue weighted by Crippen LogP contribution is 2.35. The van der Waals surface area contributed by atoms with Gasteiger partial charge in [-0.25, -0.2) is 4.39 Å². The molecule has 3 N–H and O–H groups in total. The fraction of sp³-hybridized carbons (Fsp3) is 0.474. The molecule has 2 rings (SSSR count). The van der Waals surface area contributed by atoms with Crippen LogP contribution in [0.4, 0.5) is 10.1 Å². The molecule has 1 fully saturated rings. The second-order valence-electron chi connectivity index (χ2n) is 6.58. The van der Waals surface area contributed by atoms with Crippen LogP contribution in [0, 0.1) is 11.7 Å². The fourth-order valence-electron chi connectivity index (χ4n) is 3.29. The zero-order valence-electron chi connectivity index (χ0n) is 14.5. The predicted molar refractivity (Wildman–Crippen MR) is 101 cm³/mol. The van der Waals surface area contributed by atoms with Crippen molar-refractivity contribution in [3.63, 3.8) is 0 Å². The van der Waals surface area contributed by atoms with E-state index in [0.29, 0.717) is 22.3 Å². The smallest absolute Gasteiger partial charge is 0.148 e. The first-order valence-corrected chi connectivity index (χ1v) is 8.81. The van der Waals surface area contributed by atoms with Gasteiger partial charge >= 0.3 is 0 Å². The molecule has 0 aliphatic heterocycles. The maximum absolute atomic E-state index is 14.6. The molecule has 1 aliphatic rings. The van der Waals surface area contributed by atoms with Gasteiger partial charge in [0, 0.05) is 16.8 Å². The van der Waals surface area contributed by atoms with Crippen LogP contribution in [0.2, 0.25) is 5.02 Å². The molecule has 0 heterocycles. The summed E-state index contributed by atoms with van der Waals surface area (Å²) in [6.45, 7) is 9.76. The van der Waals surface area contributed by atoms with Crippen molar-refractivity contribution in [2.75, 3.05) is 11.9 Å². The molecule has 1 aromatic carbocycles. The summed E-state index contributed by atoms with van der Waals surface area (Å²) in [7, 11) is 1.82. The largest absolute Gasteiger partial charge is 0.385 e. The number of nitrogens with one attached hydrogen (secondary N) is 1. The normalized spacial score (nSPS) is 16.2. The van der Waals surface area contributed by atoms with Crippen molar-refractivity contribution in [2.45, 2.75) is 45.1 Å². The van der Waals surface area contributed by atoms with E-state index in [9.17, 15) is 4.39 Å². The number of benzene rings is 1. The van der Waals surface area contributed by atoms with Gasteiger partial charge in [0.25, 0.3) is 0 Å². The standard InChI is InChI=1S/C19H27ClFN3/c1-12(23-4)13(2)24(14(3)22)19-10-16(17(20)11-18(19)21)9-15-7-5-6-8-15/h10-12,15,23H,2-3,5-9,22H2,1,4H3. The minimum absolute atomic E-state index is 0.0707. The third kappa shape index (κ3) is 4.11. The Morgan fingerprint density at radius 2 is 2.04 bits per heavy atom. The summed E-state index contributed by atoms with van der Waals surface area (Å²) >= 11 is 6.29. The van der Waals surface area contributed by atoms with Gasteiger partial charge in [0.1, 0.15) is 11.6 Å². The minimum Gasteiger partial charge on any atom is -0.385 e. The Labute approximate surface area is 149 Å². The van der Waals surface area contributed by atoms with Crippen LogP contribution in [0.15, 0.2) is 36.8 Å². The average Bonchev–Trinajstić information content (AvgIpc) is 3.03. The van der Waals surface area contributed by atoms with E-state index in [1.54, 1.807) is 11.0 Å². The van der Waals surface area contributed by atoms with Gasteiger partial charge in [-0.3, -0.25) is 4.90 Å². The minimum atomic E-state index is -0.425. The monoisotopic (exact) mass is 351 g/mol. The number of anilines is 1. The molecular formula is C19H27ClFN3. The number of nitrogens with two attached hydrogens (primary N) is 1. The van der Waals surface area contributed by atoms with Crippen LogP contribution in [-0.2, 0) is 6.42 Å². The van der Waals surface area contributed by atoms with E-state index in [0.717, 1.165) is 12.0 Å². The number of halogens is 2. The van der Waals surface area contributed by atoms with Crippen molar-refractivity contribution in [3.8, 4) is 0 Å². The van der Waals surface area contributed by atoms with E-state index < -0.39 is 5.82 Å². The first-order valence-electron chi connectivity index (χ1n) is 8.43. The van der Waals surface area contributed by atoms with E-state index in [-0.39, 0.29) is 11.9 Å². The van der Waals surface area contributed by atoms with Gasteiger partial charge in [-0.05, 0) is 44.0 Å². The second-order valence-corrected chi connectivity index (χ2v) is 6.99. The molecule has 1 saturated carbocycles. The summed E-state index contributed by atoms with van der Waals surface area (Å²) in [4.78, 5) is 1.56. The molecule has 1 atom stereocenters. The zero-order chi connectivity index (χ0) is 17.9. The van der Waals surface area contributed by atoms with Gasteiger partial charge in [-0.1, -0.05) is 50.4 Å². The highest BCUT2D eigenvalue weighted by molar-refractivity contribution is 6.31. The average molecular weight is 352 g/mol. The maximum atomic E-state index is 14.6. The van der Waals surface area contributed by atoms with Crippen LogP contribution in [0.1, 0.15) is 38.2 Å². The number of likely N-dealkylation sites (N-methyl/N-ethyl adjacent to an activating group) is 1. The first kappa shape index (κ1) is 18.8. The van der Waals surface area contributed by atoms with Gasteiger partial charge in [0.2, 0.25) is 0 Å². The Balaban J connectivity index is 2.38. The van der Waals surface area contributed by atoms with E-state index in [1.807, 2.05) is 14.0 Å². The van der Waals surface area contributed by atoms with E-state index in [4.69, 9.17) is 17.3 Å². The van der Waals surface area contributed by atoms with E-state index >= 15 is 0 Å². The molecule has 0 aromatic heterocycles. The molecule has 0 spiro atoms. The van der Waals surface area contributed by atoms with Crippen LogP contribution >= 0.6 is 11.6 Å². The summed E-state index contributed by atoms with van der Waals surface area (Å²) in [6, 6.07) is 3.09. The second kappa shape index (κ2) is 8.04. The molecular weight excluding hydrogens is 325 g/mol. The van der Waals surface area contributed by atoms with Gasteiger partial charge in [-0.2, -0.15) is 0 Å². The molecule has 24 heavy (non-hydrogen) atoms. The lowest BCUT2D eigenvalue weighted by Gasteiger charge is -2.30. The van der Waals surface area contributed by atoms with Crippen LogP contribution < -0.4 is 16.0 Å². The topological polar surface area (TPSA) is 41.3 Å². The summed E-state index contributed by atoms with van der Waals surface area (Å²) in [5.74, 6) is 0.427. The molecule has 1 aliphatic carbocycles. The highest BCUT2D eigenvalue weighted by Gasteiger charge is 2.23. The van der Waals surface area contributed by atoms with Crippen LogP contribution in [0.3, 0.4) is 0 Å². The lowest BCUT2D eigenvalue weighted by molar-refractivity contribution is 0.545. The van der Waals surface area contributed by atoms with Gasteiger partial charge in [-0.15, -0.1) is 0 Å². The van der Waals surface area contributed by atoms with Crippen molar-refractivity contribution in [1.29, 1.82) is 0 Å².